The SMILES string of the molecule is CC(C)C(NC(=O)C(CO)NC(=O)C(Cc1ccc(O)cc1)NC(=O)C(N)Cc1ccc(O)cc1)C(=O)O. The number of carboxylic acids is 1. The van der Waals surface area contributed by atoms with Crippen LogP contribution in [-0.4, -0.2) is 74.9 Å². The van der Waals surface area contributed by atoms with Crippen LogP contribution >= 0.6 is 0 Å². The minimum Gasteiger partial charge on any atom is -0.508 e. The Balaban J connectivity index is 2.17. The Morgan fingerprint density at radius 1 is 0.737 bits per heavy atom. The second-order valence-electron chi connectivity index (χ2n) is 9.22. The van der Waals surface area contributed by atoms with E-state index in [1.807, 2.05) is 0 Å². The van der Waals surface area contributed by atoms with Gasteiger partial charge in [0.1, 0.15) is 29.6 Å². The maximum atomic E-state index is 13.1. The van der Waals surface area contributed by atoms with E-state index in [-0.39, 0.29) is 24.3 Å². The molecule has 12 heteroatoms. The number of nitrogens with one attached hydrogen (secondary N) is 3. The molecule has 2 aromatic carbocycles. The second-order valence-corrected chi connectivity index (χ2v) is 9.22. The summed E-state index contributed by atoms with van der Waals surface area (Å²) in [5, 5.41) is 45.2. The lowest BCUT2D eigenvalue weighted by atomic mass is 10.0. The van der Waals surface area contributed by atoms with Gasteiger partial charge in [0, 0.05) is 6.42 Å². The number of carboxylic acid groups (broad SMARTS) is 1. The van der Waals surface area contributed by atoms with Crippen LogP contribution in [0.4, 0.5) is 0 Å². The molecule has 0 bridgehead atoms. The van der Waals surface area contributed by atoms with E-state index in [4.69, 9.17) is 5.73 Å². The van der Waals surface area contributed by atoms with Gasteiger partial charge in [-0.05, 0) is 47.7 Å². The molecular weight excluding hydrogens is 496 g/mol. The van der Waals surface area contributed by atoms with Gasteiger partial charge in [0.25, 0.3) is 0 Å². The third-order valence-electron chi connectivity index (χ3n) is 5.78. The largest absolute Gasteiger partial charge is 0.508 e. The molecule has 4 unspecified atom stereocenters. The third-order valence-corrected chi connectivity index (χ3v) is 5.78. The zero-order valence-electron chi connectivity index (χ0n) is 21.1. The molecule has 0 heterocycles. The number of amides is 3. The molecule has 0 radical (unpaired) electrons. The van der Waals surface area contributed by atoms with Crippen molar-refractivity contribution >= 4 is 23.7 Å². The minimum atomic E-state index is -1.48. The van der Waals surface area contributed by atoms with Crippen molar-refractivity contribution in [2.75, 3.05) is 6.61 Å². The number of rotatable bonds is 13. The second kappa shape index (κ2) is 14.0. The lowest BCUT2D eigenvalue weighted by molar-refractivity contribution is -0.143. The quantitative estimate of drug-likeness (QED) is 0.166. The van der Waals surface area contributed by atoms with Gasteiger partial charge >= 0.3 is 5.97 Å². The summed E-state index contributed by atoms with van der Waals surface area (Å²) in [7, 11) is 0. The van der Waals surface area contributed by atoms with Crippen molar-refractivity contribution in [3.63, 3.8) is 0 Å². The number of nitrogens with two attached hydrogens (primary N) is 1. The molecule has 206 valence electrons. The van der Waals surface area contributed by atoms with Gasteiger partial charge in [-0.15, -0.1) is 0 Å². The molecule has 0 fully saturated rings. The molecule has 0 aromatic heterocycles. The monoisotopic (exact) mass is 530 g/mol. The van der Waals surface area contributed by atoms with Crippen LogP contribution in [0.2, 0.25) is 0 Å². The molecule has 2 aromatic rings. The predicted octanol–water partition coefficient (Wildman–Crippen LogP) is -0.602. The first-order valence-corrected chi connectivity index (χ1v) is 12.0. The summed E-state index contributed by atoms with van der Waals surface area (Å²) in [5.74, 6) is -4.03. The zero-order chi connectivity index (χ0) is 28.4. The number of aromatic hydroxyl groups is 2. The molecule has 0 saturated carbocycles. The summed E-state index contributed by atoms with van der Waals surface area (Å²) >= 11 is 0. The number of phenolic OH excluding ortho intramolecular Hbond substituents is 2. The highest BCUT2D eigenvalue weighted by Gasteiger charge is 2.31. The van der Waals surface area contributed by atoms with Crippen LogP contribution in [0.3, 0.4) is 0 Å². The maximum Gasteiger partial charge on any atom is 0.326 e. The topological polar surface area (TPSA) is 211 Å². The molecule has 4 atom stereocenters. The van der Waals surface area contributed by atoms with Crippen LogP contribution in [0, 0.1) is 5.92 Å². The maximum absolute atomic E-state index is 13.1. The van der Waals surface area contributed by atoms with E-state index in [0.29, 0.717) is 11.1 Å². The number of benzene rings is 2. The number of carbonyl (C=O) groups excluding carboxylic acids is 3. The molecule has 0 aliphatic heterocycles. The normalized spacial score (nSPS) is 14.1. The Hall–Kier alpha value is -4.16. The number of aliphatic hydroxyl groups excluding tert-OH is 1. The highest BCUT2D eigenvalue weighted by Crippen LogP contribution is 2.13. The minimum absolute atomic E-state index is 0.00450. The number of phenols is 2. The van der Waals surface area contributed by atoms with Crippen molar-refractivity contribution in [1.29, 1.82) is 0 Å². The van der Waals surface area contributed by atoms with Crippen LogP contribution in [0.1, 0.15) is 25.0 Å². The van der Waals surface area contributed by atoms with E-state index in [2.05, 4.69) is 16.0 Å². The van der Waals surface area contributed by atoms with E-state index in [0.717, 1.165) is 0 Å². The summed E-state index contributed by atoms with van der Waals surface area (Å²) in [4.78, 5) is 50.0. The number of hydrogen-bond acceptors (Lipinski definition) is 8. The van der Waals surface area contributed by atoms with Gasteiger partial charge in [-0.3, -0.25) is 14.4 Å². The van der Waals surface area contributed by atoms with Gasteiger partial charge in [-0.25, -0.2) is 4.79 Å². The average molecular weight is 531 g/mol. The van der Waals surface area contributed by atoms with Crippen molar-refractivity contribution in [2.24, 2.45) is 11.7 Å². The molecule has 3 amide bonds. The van der Waals surface area contributed by atoms with Crippen molar-refractivity contribution in [3.8, 4) is 11.5 Å². The Bertz CT molecular complexity index is 1110. The summed E-state index contributed by atoms with van der Waals surface area (Å²) in [6.07, 6.45) is 0.0837. The number of aliphatic carboxylic acids is 1. The first kappa shape index (κ1) is 30.1. The van der Waals surface area contributed by atoms with Crippen molar-refractivity contribution in [2.45, 2.75) is 50.9 Å². The van der Waals surface area contributed by atoms with E-state index in [9.17, 15) is 39.6 Å². The zero-order valence-corrected chi connectivity index (χ0v) is 21.1. The molecule has 0 saturated heterocycles. The lowest BCUT2D eigenvalue weighted by Crippen LogP contribution is -2.59. The van der Waals surface area contributed by atoms with E-state index >= 15 is 0 Å². The van der Waals surface area contributed by atoms with E-state index in [1.165, 1.54) is 24.3 Å². The van der Waals surface area contributed by atoms with Crippen molar-refractivity contribution < 1.29 is 39.6 Å². The first-order chi connectivity index (χ1) is 17.9. The molecule has 9 N–H and O–H groups in total. The van der Waals surface area contributed by atoms with Gasteiger partial charge in [0.2, 0.25) is 17.7 Å². The molecule has 0 aliphatic carbocycles. The standard InChI is InChI=1S/C26H34N4O8/c1-14(2)22(26(37)38)30-25(36)21(13-31)29-24(35)20(12-16-5-9-18(33)10-6-16)28-23(34)19(27)11-15-3-7-17(32)8-4-15/h3-10,14,19-22,31-33H,11-13,27H2,1-2H3,(H,28,34)(H,29,35)(H,30,36)(H,37,38). The smallest absolute Gasteiger partial charge is 0.326 e. The summed E-state index contributed by atoms with van der Waals surface area (Å²) in [5.41, 5.74) is 7.29. The molecule has 0 aliphatic rings. The summed E-state index contributed by atoms with van der Waals surface area (Å²) in [6.45, 7) is 2.37. The molecule has 2 rings (SSSR count). The summed E-state index contributed by atoms with van der Waals surface area (Å²) in [6, 6.07) is 7.05. The fraction of sp³-hybridized carbons (Fsp3) is 0.385. The van der Waals surface area contributed by atoms with Crippen LogP contribution in [0.25, 0.3) is 0 Å². The Labute approximate surface area is 219 Å². The van der Waals surface area contributed by atoms with E-state index < -0.39 is 60.4 Å². The van der Waals surface area contributed by atoms with Crippen molar-refractivity contribution in [1.82, 2.24) is 16.0 Å². The molecule has 38 heavy (non-hydrogen) atoms. The molecule has 0 spiro atoms. The van der Waals surface area contributed by atoms with Gasteiger partial charge in [0.05, 0.1) is 12.6 Å². The van der Waals surface area contributed by atoms with Crippen LogP contribution < -0.4 is 21.7 Å². The number of carbonyl (C=O) groups is 4. The van der Waals surface area contributed by atoms with Crippen LogP contribution in [-0.2, 0) is 32.0 Å². The summed E-state index contributed by atoms with van der Waals surface area (Å²) < 4.78 is 0. The lowest BCUT2D eigenvalue weighted by Gasteiger charge is -2.25. The predicted molar refractivity (Wildman–Crippen MR) is 137 cm³/mol. The Morgan fingerprint density at radius 2 is 1.18 bits per heavy atom. The third kappa shape index (κ3) is 9.05. The van der Waals surface area contributed by atoms with Crippen LogP contribution in [0.5, 0.6) is 11.5 Å². The highest BCUT2D eigenvalue weighted by atomic mass is 16.4. The Kier molecular flexibility index (Phi) is 11.0. The number of aliphatic hydroxyl groups is 1. The van der Waals surface area contributed by atoms with Gasteiger partial charge in [-0.1, -0.05) is 38.1 Å². The van der Waals surface area contributed by atoms with Gasteiger partial charge < -0.3 is 42.1 Å². The number of hydrogen-bond donors (Lipinski definition) is 8. The van der Waals surface area contributed by atoms with Gasteiger partial charge in [-0.2, -0.15) is 0 Å². The van der Waals surface area contributed by atoms with Gasteiger partial charge in [0.15, 0.2) is 0 Å². The van der Waals surface area contributed by atoms with Crippen molar-refractivity contribution in [3.05, 3.63) is 59.7 Å². The first-order valence-electron chi connectivity index (χ1n) is 12.0. The fourth-order valence-corrected chi connectivity index (χ4v) is 3.57. The average Bonchev–Trinajstić information content (AvgIpc) is 2.87. The highest BCUT2D eigenvalue weighted by molar-refractivity contribution is 5.94. The fourth-order valence-electron chi connectivity index (χ4n) is 3.57. The molecular formula is C26H34N4O8. The Morgan fingerprint density at radius 3 is 1.63 bits per heavy atom. The molecule has 12 nitrogen and oxygen atoms in total. The van der Waals surface area contributed by atoms with E-state index in [1.54, 1.807) is 38.1 Å². The van der Waals surface area contributed by atoms with Crippen LogP contribution in [0.15, 0.2) is 48.5 Å².